The Bertz CT molecular complexity index is 427. The molecule has 0 fully saturated rings. The summed E-state index contributed by atoms with van der Waals surface area (Å²) in [6.07, 6.45) is 1.20. The molecule has 0 aliphatic carbocycles. The van der Waals surface area contributed by atoms with Gasteiger partial charge in [-0.05, 0) is 12.1 Å². The first-order chi connectivity index (χ1) is 6.81. The van der Waals surface area contributed by atoms with Crippen molar-refractivity contribution in [2.75, 3.05) is 5.88 Å². The van der Waals surface area contributed by atoms with E-state index in [9.17, 15) is 5.11 Å². The Kier molecular flexibility index (Phi) is 2.70. The fourth-order valence-electron chi connectivity index (χ4n) is 1.43. The van der Waals surface area contributed by atoms with Crippen LogP contribution in [0.5, 0.6) is 0 Å². The number of nitrogens with zero attached hydrogens (tertiary/aromatic N) is 2. The van der Waals surface area contributed by atoms with Crippen molar-refractivity contribution < 1.29 is 5.11 Å². The first kappa shape index (κ1) is 9.49. The largest absolute Gasteiger partial charge is 0.390 e. The monoisotopic (exact) mass is 210 g/mol. The van der Waals surface area contributed by atoms with E-state index in [1.54, 1.807) is 6.33 Å². The molecule has 0 saturated carbocycles. The third kappa shape index (κ3) is 1.74. The van der Waals surface area contributed by atoms with Gasteiger partial charge in [-0.2, -0.15) is 0 Å². The smallest absolute Gasteiger partial charge is 0.0959 e. The SMILES string of the molecule is OC(CCl)Cn1cnc2ccccc21. The minimum atomic E-state index is -0.519. The zero-order valence-corrected chi connectivity index (χ0v) is 8.35. The van der Waals surface area contributed by atoms with Crippen LogP contribution >= 0.6 is 11.6 Å². The molecule has 1 atom stereocenters. The first-order valence-electron chi connectivity index (χ1n) is 4.45. The van der Waals surface area contributed by atoms with Crippen LogP contribution in [-0.2, 0) is 6.54 Å². The molecular formula is C10H11ClN2O. The molecule has 4 heteroatoms. The van der Waals surface area contributed by atoms with E-state index in [1.165, 1.54) is 0 Å². The number of aromatic nitrogens is 2. The van der Waals surface area contributed by atoms with E-state index >= 15 is 0 Å². The molecule has 0 spiro atoms. The number of hydrogen-bond donors (Lipinski definition) is 1. The molecule has 0 amide bonds. The highest BCUT2D eigenvalue weighted by atomic mass is 35.5. The van der Waals surface area contributed by atoms with E-state index in [2.05, 4.69) is 4.98 Å². The summed E-state index contributed by atoms with van der Waals surface area (Å²) in [5.74, 6) is 0.243. The second-order valence-electron chi connectivity index (χ2n) is 3.19. The molecule has 74 valence electrons. The Labute approximate surface area is 86.9 Å². The highest BCUT2D eigenvalue weighted by Crippen LogP contribution is 2.12. The summed E-state index contributed by atoms with van der Waals surface area (Å²) in [4.78, 5) is 4.21. The quantitative estimate of drug-likeness (QED) is 0.783. The summed E-state index contributed by atoms with van der Waals surface area (Å²) in [6.45, 7) is 0.490. The molecule has 2 aromatic rings. The van der Waals surface area contributed by atoms with Crippen LogP contribution in [0.2, 0.25) is 0 Å². The van der Waals surface area contributed by atoms with Crippen molar-refractivity contribution in [3.05, 3.63) is 30.6 Å². The van der Waals surface area contributed by atoms with Gasteiger partial charge in [0.05, 0.1) is 35.9 Å². The predicted molar refractivity (Wildman–Crippen MR) is 56.5 cm³/mol. The number of para-hydroxylation sites is 2. The number of hydrogen-bond acceptors (Lipinski definition) is 2. The zero-order valence-electron chi connectivity index (χ0n) is 7.60. The Balaban J connectivity index is 2.33. The van der Waals surface area contributed by atoms with E-state index < -0.39 is 6.10 Å². The highest BCUT2D eigenvalue weighted by molar-refractivity contribution is 6.18. The van der Waals surface area contributed by atoms with E-state index in [0.29, 0.717) is 6.54 Å². The minimum absolute atomic E-state index is 0.243. The maximum Gasteiger partial charge on any atom is 0.0959 e. The van der Waals surface area contributed by atoms with Gasteiger partial charge in [-0.3, -0.25) is 0 Å². The number of imidazole rings is 1. The Hall–Kier alpha value is -1.06. The lowest BCUT2D eigenvalue weighted by atomic mass is 10.3. The molecule has 1 heterocycles. The minimum Gasteiger partial charge on any atom is -0.390 e. The molecule has 0 bridgehead atoms. The molecule has 1 aromatic heterocycles. The second-order valence-corrected chi connectivity index (χ2v) is 3.50. The van der Waals surface area contributed by atoms with Crippen LogP contribution in [0.1, 0.15) is 0 Å². The Morgan fingerprint density at radius 3 is 3.00 bits per heavy atom. The van der Waals surface area contributed by atoms with Crippen molar-refractivity contribution in [1.82, 2.24) is 9.55 Å². The molecule has 0 saturated heterocycles. The van der Waals surface area contributed by atoms with Gasteiger partial charge in [-0.25, -0.2) is 4.98 Å². The third-order valence-corrected chi connectivity index (χ3v) is 2.47. The lowest BCUT2D eigenvalue weighted by Gasteiger charge is -2.07. The maximum absolute atomic E-state index is 9.41. The lowest BCUT2D eigenvalue weighted by molar-refractivity contribution is 0.178. The predicted octanol–water partition coefficient (Wildman–Crippen LogP) is 1.64. The Morgan fingerprint density at radius 2 is 2.21 bits per heavy atom. The molecule has 0 radical (unpaired) electrons. The number of alkyl halides is 1. The van der Waals surface area contributed by atoms with E-state index in [0.717, 1.165) is 11.0 Å². The van der Waals surface area contributed by atoms with Gasteiger partial charge in [-0.15, -0.1) is 11.6 Å². The number of benzene rings is 1. The standard InChI is InChI=1S/C10H11ClN2O/c11-5-8(14)6-13-7-12-9-3-1-2-4-10(9)13/h1-4,7-8,14H,5-6H2. The summed E-state index contributed by atoms with van der Waals surface area (Å²) < 4.78 is 1.91. The lowest BCUT2D eigenvalue weighted by Crippen LogP contribution is -2.16. The normalized spacial score (nSPS) is 13.3. The van der Waals surface area contributed by atoms with Crippen LogP contribution in [0.3, 0.4) is 0 Å². The van der Waals surface area contributed by atoms with E-state index in [4.69, 9.17) is 11.6 Å². The average molecular weight is 211 g/mol. The molecule has 1 aromatic carbocycles. The fraction of sp³-hybridized carbons (Fsp3) is 0.300. The summed E-state index contributed by atoms with van der Waals surface area (Å²) in [5, 5.41) is 9.41. The summed E-state index contributed by atoms with van der Waals surface area (Å²) in [6, 6.07) is 7.81. The van der Waals surface area contributed by atoms with Crippen LogP contribution in [0.4, 0.5) is 0 Å². The average Bonchev–Trinajstić information content (AvgIpc) is 2.62. The molecule has 0 aliphatic heterocycles. The maximum atomic E-state index is 9.41. The van der Waals surface area contributed by atoms with Gasteiger partial charge in [0.2, 0.25) is 0 Å². The number of halogens is 1. The summed E-state index contributed by atoms with van der Waals surface area (Å²) >= 11 is 5.54. The van der Waals surface area contributed by atoms with Crippen molar-refractivity contribution in [2.45, 2.75) is 12.6 Å². The van der Waals surface area contributed by atoms with Crippen LogP contribution in [0.15, 0.2) is 30.6 Å². The molecule has 0 aliphatic rings. The van der Waals surface area contributed by atoms with Crippen molar-refractivity contribution >= 4 is 22.6 Å². The summed E-state index contributed by atoms with van der Waals surface area (Å²) in [7, 11) is 0. The number of aliphatic hydroxyl groups excluding tert-OH is 1. The van der Waals surface area contributed by atoms with E-state index in [1.807, 2.05) is 28.8 Å². The van der Waals surface area contributed by atoms with Gasteiger partial charge in [0.25, 0.3) is 0 Å². The molecule has 1 unspecified atom stereocenters. The number of fused-ring (bicyclic) bond motifs is 1. The van der Waals surface area contributed by atoms with Crippen LogP contribution in [0.25, 0.3) is 11.0 Å². The third-order valence-electron chi connectivity index (χ3n) is 2.11. The fourth-order valence-corrected chi connectivity index (χ4v) is 1.53. The zero-order chi connectivity index (χ0) is 9.97. The molecule has 3 nitrogen and oxygen atoms in total. The van der Waals surface area contributed by atoms with Gasteiger partial charge in [0.15, 0.2) is 0 Å². The van der Waals surface area contributed by atoms with E-state index in [-0.39, 0.29) is 5.88 Å². The van der Waals surface area contributed by atoms with Crippen molar-refractivity contribution in [2.24, 2.45) is 0 Å². The summed E-state index contributed by atoms with van der Waals surface area (Å²) in [5.41, 5.74) is 1.96. The Morgan fingerprint density at radius 1 is 1.43 bits per heavy atom. The molecule has 2 rings (SSSR count). The van der Waals surface area contributed by atoms with Crippen molar-refractivity contribution in [3.63, 3.8) is 0 Å². The van der Waals surface area contributed by atoms with Gasteiger partial charge < -0.3 is 9.67 Å². The molecule has 1 N–H and O–H groups in total. The van der Waals surface area contributed by atoms with Crippen molar-refractivity contribution in [3.8, 4) is 0 Å². The van der Waals surface area contributed by atoms with Gasteiger partial charge >= 0.3 is 0 Å². The molecule has 14 heavy (non-hydrogen) atoms. The number of aliphatic hydroxyl groups is 1. The first-order valence-corrected chi connectivity index (χ1v) is 4.98. The van der Waals surface area contributed by atoms with Gasteiger partial charge in [-0.1, -0.05) is 12.1 Å². The van der Waals surface area contributed by atoms with Crippen LogP contribution in [0, 0.1) is 0 Å². The van der Waals surface area contributed by atoms with Crippen LogP contribution in [-0.4, -0.2) is 26.6 Å². The molecular weight excluding hydrogens is 200 g/mol. The van der Waals surface area contributed by atoms with Gasteiger partial charge in [0.1, 0.15) is 0 Å². The highest BCUT2D eigenvalue weighted by Gasteiger charge is 2.06. The van der Waals surface area contributed by atoms with Crippen LogP contribution < -0.4 is 0 Å². The second kappa shape index (κ2) is 3.98. The van der Waals surface area contributed by atoms with Gasteiger partial charge in [0, 0.05) is 0 Å². The topological polar surface area (TPSA) is 38.0 Å². The van der Waals surface area contributed by atoms with Crippen molar-refractivity contribution in [1.29, 1.82) is 0 Å². The number of rotatable bonds is 3.